The quantitative estimate of drug-likeness (QED) is 0.760. The van der Waals surface area contributed by atoms with E-state index in [0.29, 0.717) is 25.5 Å². The smallest absolute Gasteiger partial charge is 0.406 e. The molecule has 0 radical (unpaired) electrons. The summed E-state index contributed by atoms with van der Waals surface area (Å²) in [5.41, 5.74) is 2.26. The van der Waals surface area contributed by atoms with Gasteiger partial charge in [-0.05, 0) is 43.0 Å². The van der Waals surface area contributed by atoms with Gasteiger partial charge in [0.15, 0.2) is 11.5 Å². The van der Waals surface area contributed by atoms with Crippen LogP contribution < -0.4 is 9.47 Å². The molecule has 0 N–H and O–H groups in total. The highest BCUT2D eigenvalue weighted by Crippen LogP contribution is 2.51. The largest absolute Gasteiger partial charge is 0.486 e. The summed E-state index contributed by atoms with van der Waals surface area (Å²) in [5, 5.41) is 0. The van der Waals surface area contributed by atoms with Gasteiger partial charge in [-0.2, -0.15) is 13.2 Å². The van der Waals surface area contributed by atoms with E-state index in [2.05, 4.69) is 6.07 Å². The van der Waals surface area contributed by atoms with Gasteiger partial charge in [0.25, 0.3) is 0 Å². The Morgan fingerprint density at radius 2 is 1.83 bits per heavy atom. The number of fused-ring (bicyclic) bond motifs is 3. The molecule has 1 unspecified atom stereocenters. The zero-order valence-corrected chi connectivity index (χ0v) is 16.8. The Hall–Kier alpha value is -1.96. The van der Waals surface area contributed by atoms with Crippen molar-refractivity contribution in [3.8, 4) is 11.5 Å². The van der Waals surface area contributed by atoms with Crippen LogP contribution in [0.4, 0.5) is 13.2 Å². The van der Waals surface area contributed by atoms with Crippen LogP contribution in [0.1, 0.15) is 49.8 Å². The highest BCUT2D eigenvalue weighted by Gasteiger charge is 2.45. The van der Waals surface area contributed by atoms with Gasteiger partial charge >= 0.3 is 6.18 Å². The maximum absolute atomic E-state index is 12.7. The molecule has 0 saturated heterocycles. The Kier molecular flexibility index (Phi) is 5.17. The number of benzene rings is 1. The van der Waals surface area contributed by atoms with E-state index in [1.807, 2.05) is 17.9 Å². The molecule has 1 aromatic rings. The minimum atomic E-state index is -4.40. The van der Waals surface area contributed by atoms with E-state index in [4.69, 9.17) is 9.47 Å². The summed E-state index contributed by atoms with van der Waals surface area (Å²) < 4.78 is 49.6. The number of likely N-dealkylation sites (N-methyl/N-ethyl adjacent to an activating group) is 1. The second-order valence-electron chi connectivity index (χ2n) is 8.52. The van der Waals surface area contributed by atoms with Gasteiger partial charge in [-0.25, -0.2) is 0 Å². The molecule has 29 heavy (non-hydrogen) atoms. The van der Waals surface area contributed by atoms with Gasteiger partial charge in [-0.1, -0.05) is 12.8 Å². The molecule has 1 aliphatic carbocycles. The van der Waals surface area contributed by atoms with Crippen LogP contribution in [0, 0.1) is 0 Å². The molecular weight excluding hydrogens is 385 g/mol. The van der Waals surface area contributed by atoms with Crippen LogP contribution in [0.25, 0.3) is 0 Å². The number of rotatable bonds is 3. The van der Waals surface area contributed by atoms with Crippen LogP contribution in [0.15, 0.2) is 12.1 Å². The van der Waals surface area contributed by atoms with E-state index in [1.165, 1.54) is 12.6 Å². The molecular formula is C21H27F3N2O3. The molecule has 1 aromatic carbocycles. The summed E-state index contributed by atoms with van der Waals surface area (Å²) in [6, 6.07) is 4.01. The number of carbonyl (C=O) groups is 1. The molecule has 4 rings (SSSR count). The highest BCUT2D eigenvalue weighted by atomic mass is 19.4. The number of hydrogen-bond donors (Lipinski definition) is 0. The third-order valence-electron chi connectivity index (χ3n) is 6.53. The fraction of sp³-hybridized carbons (Fsp3) is 0.667. The maximum Gasteiger partial charge on any atom is 0.406 e. The fourth-order valence-electron chi connectivity index (χ4n) is 5.04. The van der Waals surface area contributed by atoms with E-state index in [1.54, 1.807) is 0 Å². The van der Waals surface area contributed by atoms with Crippen LogP contribution in [0.5, 0.6) is 11.5 Å². The first-order chi connectivity index (χ1) is 13.7. The van der Waals surface area contributed by atoms with Crippen molar-refractivity contribution in [1.29, 1.82) is 0 Å². The molecule has 1 fully saturated rings. The van der Waals surface area contributed by atoms with E-state index in [-0.39, 0.29) is 18.0 Å². The molecule has 0 bridgehead atoms. The average molecular weight is 412 g/mol. The summed E-state index contributed by atoms with van der Waals surface area (Å²) in [6.07, 6.45) is -0.158. The van der Waals surface area contributed by atoms with Crippen molar-refractivity contribution >= 4 is 5.91 Å². The lowest BCUT2D eigenvalue weighted by atomic mass is 9.71. The first-order valence-corrected chi connectivity index (χ1v) is 10.2. The lowest BCUT2D eigenvalue weighted by molar-refractivity contribution is -0.159. The number of hydrogen-bond acceptors (Lipinski definition) is 4. The second kappa shape index (κ2) is 7.38. The first kappa shape index (κ1) is 20.3. The van der Waals surface area contributed by atoms with Crippen LogP contribution in [-0.2, 0) is 10.2 Å². The molecule has 3 aliphatic rings. The van der Waals surface area contributed by atoms with Crippen molar-refractivity contribution in [3.63, 3.8) is 0 Å². The van der Waals surface area contributed by atoms with Crippen molar-refractivity contribution in [2.75, 3.05) is 39.9 Å². The summed E-state index contributed by atoms with van der Waals surface area (Å²) in [7, 11) is 1.21. The zero-order valence-electron chi connectivity index (χ0n) is 16.8. The predicted molar refractivity (Wildman–Crippen MR) is 101 cm³/mol. The molecule has 0 aromatic heterocycles. The van der Waals surface area contributed by atoms with Crippen LogP contribution in [-0.4, -0.2) is 61.8 Å². The number of carbonyl (C=O) groups excluding carboxylic acids is 1. The average Bonchev–Trinajstić information content (AvgIpc) is 3.12. The van der Waals surface area contributed by atoms with Gasteiger partial charge in [0.05, 0.1) is 6.54 Å². The summed E-state index contributed by atoms with van der Waals surface area (Å²) in [5.74, 6) is 0.962. The third kappa shape index (κ3) is 3.91. The predicted octanol–water partition coefficient (Wildman–Crippen LogP) is 3.67. The van der Waals surface area contributed by atoms with Crippen molar-refractivity contribution in [2.24, 2.45) is 0 Å². The zero-order chi connectivity index (χ0) is 20.8. The second-order valence-corrected chi connectivity index (χ2v) is 8.52. The van der Waals surface area contributed by atoms with Gasteiger partial charge in [0, 0.05) is 25.0 Å². The topological polar surface area (TPSA) is 42.0 Å². The Morgan fingerprint density at radius 3 is 2.45 bits per heavy atom. The molecule has 2 aliphatic heterocycles. The lowest BCUT2D eigenvalue weighted by Crippen LogP contribution is -2.50. The molecule has 8 heteroatoms. The van der Waals surface area contributed by atoms with Gasteiger partial charge in [0.1, 0.15) is 19.8 Å². The van der Waals surface area contributed by atoms with Crippen molar-refractivity contribution < 1.29 is 27.4 Å². The van der Waals surface area contributed by atoms with E-state index >= 15 is 0 Å². The summed E-state index contributed by atoms with van der Waals surface area (Å²) in [4.78, 5) is 15.3. The molecule has 1 amide bonds. The molecule has 160 valence electrons. The molecule has 5 nitrogen and oxygen atoms in total. The van der Waals surface area contributed by atoms with Gasteiger partial charge < -0.3 is 14.4 Å². The Labute approximate surface area is 168 Å². The molecule has 1 spiro atoms. The number of amides is 1. The van der Waals surface area contributed by atoms with Crippen LogP contribution >= 0.6 is 0 Å². The van der Waals surface area contributed by atoms with Gasteiger partial charge in [-0.15, -0.1) is 0 Å². The number of halogens is 3. The fourth-order valence-corrected chi connectivity index (χ4v) is 5.04. The third-order valence-corrected chi connectivity index (χ3v) is 6.53. The van der Waals surface area contributed by atoms with Crippen molar-refractivity contribution in [1.82, 2.24) is 9.80 Å². The SMILES string of the molecule is CC1c2cc3c(cc2C2(CCCC2)CN1CC(=O)N(C)CC(F)(F)F)OCCO3. The van der Waals surface area contributed by atoms with Crippen molar-refractivity contribution in [3.05, 3.63) is 23.3 Å². The number of ether oxygens (including phenoxy) is 2. The minimum absolute atomic E-state index is 0.0244. The van der Waals surface area contributed by atoms with Crippen LogP contribution in [0.3, 0.4) is 0 Å². The van der Waals surface area contributed by atoms with E-state index in [9.17, 15) is 18.0 Å². The normalized spacial score (nSPS) is 23.1. The standard InChI is InChI=1S/C21H27F3N2O3/c1-14-15-9-17-18(29-8-7-28-17)10-16(15)20(5-3-4-6-20)12-26(14)11-19(27)25(2)13-21(22,23)24/h9-10,14H,3-8,11-13H2,1-2H3. The van der Waals surface area contributed by atoms with E-state index < -0.39 is 18.6 Å². The lowest BCUT2D eigenvalue weighted by Gasteiger charge is -2.46. The molecule has 2 heterocycles. The minimum Gasteiger partial charge on any atom is -0.486 e. The van der Waals surface area contributed by atoms with Crippen LogP contribution in [0.2, 0.25) is 0 Å². The summed E-state index contributed by atoms with van der Waals surface area (Å²) in [6.45, 7) is 2.45. The Bertz CT molecular complexity index is 790. The summed E-state index contributed by atoms with van der Waals surface area (Å²) >= 11 is 0. The van der Waals surface area contributed by atoms with E-state index in [0.717, 1.165) is 41.9 Å². The Morgan fingerprint density at radius 1 is 1.21 bits per heavy atom. The number of alkyl halides is 3. The maximum atomic E-state index is 12.7. The molecule has 1 atom stereocenters. The number of nitrogens with zero attached hydrogens (tertiary/aromatic N) is 2. The van der Waals surface area contributed by atoms with Crippen molar-refractivity contribution in [2.45, 2.75) is 50.2 Å². The Balaban J connectivity index is 1.63. The molecule has 1 saturated carbocycles. The van der Waals surface area contributed by atoms with Gasteiger partial charge in [-0.3, -0.25) is 9.69 Å². The highest BCUT2D eigenvalue weighted by molar-refractivity contribution is 5.78. The monoisotopic (exact) mass is 412 g/mol. The first-order valence-electron chi connectivity index (χ1n) is 10.2. The van der Waals surface area contributed by atoms with Gasteiger partial charge in [0.2, 0.25) is 5.91 Å².